The number of carbonyl (C=O) groups is 1. The summed E-state index contributed by atoms with van der Waals surface area (Å²) in [6.45, 7) is 2.67. The van der Waals surface area contributed by atoms with Crippen LogP contribution < -0.4 is 5.32 Å². The minimum Gasteiger partial charge on any atom is -0.381 e. The number of anilines is 1. The first kappa shape index (κ1) is 18.8. The van der Waals surface area contributed by atoms with Crippen molar-refractivity contribution in [2.45, 2.75) is 25.4 Å². The molecule has 2 heterocycles. The first-order valence-electron chi connectivity index (χ1n) is 8.86. The van der Waals surface area contributed by atoms with Crippen molar-refractivity contribution >= 4 is 23.2 Å². The predicted molar refractivity (Wildman–Crippen MR) is 103 cm³/mol. The highest BCUT2D eigenvalue weighted by Crippen LogP contribution is 2.23. The molecule has 2 aromatic rings. The molecule has 0 spiro atoms. The summed E-state index contributed by atoms with van der Waals surface area (Å²) >= 11 is 5.84. The fraction of sp³-hybridized carbons (Fsp3) is 0.400. The molecule has 0 atom stereocenters. The van der Waals surface area contributed by atoms with Crippen LogP contribution in [0.2, 0.25) is 5.15 Å². The molecule has 26 heavy (non-hydrogen) atoms. The van der Waals surface area contributed by atoms with Gasteiger partial charge in [0.25, 0.3) is 5.91 Å². The number of benzene rings is 1. The second-order valence-corrected chi connectivity index (χ2v) is 7.69. The quantitative estimate of drug-likeness (QED) is 0.640. The highest BCUT2D eigenvalue weighted by Gasteiger charge is 2.30. The number of halogens is 1. The number of nitrogens with one attached hydrogen (secondary N) is 1. The highest BCUT2D eigenvalue weighted by molar-refractivity contribution is 6.29. The standard InChI is InChI=1S/C20H24ClN3O2/c1-24(2,18-8-11-26-12-9-18)14-15-3-5-17(6-4-15)23-20(25)16-7-10-22-19(21)13-16/h3-7,10,13,18H,8-9,11-12,14H2,1-2H3/p+1. The third kappa shape index (κ3) is 4.81. The number of hydrogen-bond donors (Lipinski definition) is 1. The summed E-state index contributed by atoms with van der Waals surface area (Å²) in [6.07, 6.45) is 3.74. The van der Waals surface area contributed by atoms with Crippen LogP contribution in [-0.2, 0) is 11.3 Å². The van der Waals surface area contributed by atoms with Crippen LogP contribution in [0.3, 0.4) is 0 Å². The van der Waals surface area contributed by atoms with E-state index < -0.39 is 0 Å². The average Bonchev–Trinajstić information content (AvgIpc) is 2.64. The van der Waals surface area contributed by atoms with Crippen LogP contribution in [0.25, 0.3) is 0 Å². The lowest BCUT2D eigenvalue weighted by molar-refractivity contribution is -0.929. The maximum absolute atomic E-state index is 12.3. The number of pyridine rings is 1. The van der Waals surface area contributed by atoms with Crippen molar-refractivity contribution in [3.05, 3.63) is 58.9 Å². The van der Waals surface area contributed by atoms with Gasteiger partial charge < -0.3 is 14.5 Å². The van der Waals surface area contributed by atoms with Crippen molar-refractivity contribution < 1.29 is 14.0 Å². The fourth-order valence-corrected chi connectivity index (χ4v) is 3.60. The number of amides is 1. The summed E-state index contributed by atoms with van der Waals surface area (Å²) < 4.78 is 6.43. The molecule has 0 saturated carbocycles. The van der Waals surface area contributed by atoms with E-state index in [1.807, 2.05) is 12.1 Å². The molecule has 1 fully saturated rings. The van der Waals surface area contributed by atoms with E-state index in [4.69, 9.17) is 16.3 Å². The van der Waals surface area contributed by atoms with Gasteiger partial charge in [0, 0.05) is 35.9 Å². The van der Waals surface area contributed by atoms with Gasteiger partial charge in [0.15, 0.2) is 0 Å². The first-order valence-corrected chi connectivity index (χ1v) is 9.24. The summed E-state index contributed by atoms with van der Waals surface area (Å²) in [5.41, 5.74) is 2.51. The third-order valence-corrected chi connectivity index (χ3v) is 5.18. The van der Waals surface area contributed by atoms with Gasteiger partial charge in [-0.1, -0.05) is 23.7 Å². The minimum absolute atomic E-state index is 0.194. The van der Waals surface area contributed by atoms with E-state index in [-0.39, 0.29) is 5.91 Å². The minimum atomic E-state index is -0.194. The van der Waals surface area contributed by atoms with Gasteiger partial charge in [0.1, 0.15) is 11.7 Å². The number of nitrogens with zero attached hydrogens (tertiary/aromatic N) is 2. The summed E-state index contributed by atoms with van der Waals surface area (Å²) in [6, 6.07) is 11.9. The van der Waals surface area contributed by atoms with Crippen LogP contribution in [0.5, 0.6) is 0 Å². The third-order valence-electron chi connectivity index (χ3n) is 4.97. The summed E-state index contributed by atoms with van der Waals surface area (Å²) in [4.78, 5) is 16.2. The second kappa shape index (κ2) is 8.16. The van der Waals surface area contributed by atoms with Crippen LogP contribution >= 0.6 is 11.6 Å². The average molecular weight is 375 g/mol. The number of quaternary nitrogens is 1. The molecule has 1 aliphatic rings. The topological polar surface area (TPSA) is 51.2 Å². The number of hydrogen-bond acceptors (Lipinski definition) is 3. The van der Waals surface area contributed by atoms with Crippen molar-refractivity contribution in [2.24, 2.45) is 0 Å². The van der Waals surface area contributed by atoms with Crippen molar-refractivity contribution in [3.8, 4) is 0 Å². The van der Waals surface area contributed by atoms with Gasteiger partial charge in [0.2, 0.25) is 0 Å². The number of ether oxygens (including phenoxy) is 1. The Morgan fingerprint density at radius 2 is 1.92 bits per heavy atom. The van der Waals surface area contributed by atoms with Crippen LogP contribution in [0.1, 0.15) is 28.8 Å². The van der Waals surface area contributed by atoms with Gasteiger partial charge in [-0.15, -0.1) is 0 Å². The molecule has 0 bridgehead atoms. The van der Waals surface area contributed by atoms with E-state index in [2.05, 4.69) is 36.5 Å². The molecule has 1 aromatic carbocycles. The molecule has 1 saturated heterocycles. The number of carbonyl (C=O) groups excluding carboxylic acids is 1. The lowest BCUT2D eigenvalue weighted by Crippen LogP contribution is -2.50. The first-order chi connectivity index (χ1) is 12.4. The molecule has 0 radical (unpaired) electrons. The Balaban J connectivity index is 1.62. The SMILES string of the molecule is C[N+](C)(Cc1ccc(NC(=O)c2ccnc(Cl)c2)cc1)C1CCOCC1. The highest BCUT2D eigenvalue weighted by atomic mass is 35.5. The Bertz CT molecular complexity index is 756. The van der Waals surface area contributed by atoms with E-state index in [0.29, 0.717) is 16.8 Å². The Hall–Kier alpha value is -1.95. The molecule has 1 N–H and O–H groups in total. The molecule has 0 unspecified atom stereocenters. The normalized spacial score (nSPS) is 15.7. The summed E-state index contributed by atoms with van der Waals surface area (Å²) in [5, 5.41) is 3.20. The molecule has 3 rings (SSSR count). The maximum atomic E-state index is 12.3. The smallest absolute Gasteiger partial charge is 0.255 e. The van der Waals surface area contributed by atoms with E-state index in [1.165, 1.54) is 11.8 Å². The van der Waals surface area contributed by atoms with E-state index in [0.717, 1.165) is 42.8 Å². The lowest BCUT2D eigenvalue weighted by atomic mass is 10.0. The molecular weight excluding hydrogens is 350 g/mol. The van der Waals surface area contributed by atoms with Crippen LogP contribution in [0.4, 0.5) is 5.69 Å². The van der Waals surface area contributed by atoms with E-state index in [9.17, 15) is 4.79 Å². The summed E-state index contributed by atoms with van der Waals surface area (Å²) in [7, 11) is 4.55. The Morgan fingerprint density at radius 3 is 2.58 bits per heavy atom. The molecule has 138 valence electrons. The van der Waals surface area contributed by atoms with Gasteiger partial charge in [-0.25, -0.2) is 4.98 Å². The van der Waals surface area contributed by atoms with Gasteiger partial charge in [-0.2, -0.15) is 0 Å². The Morgan fingerprint density at radius 1 is 1.23 bits per heavy atom. The zero-order valence-corrected chi connectivity index (χ0v) is 16.0. The second-order valence-electron chi connectivity index (χ2n) is 7.30. The maximum Gasteiger partial charge on any atom is 0.255 e. The van der Waals surface area contributed by atoms with Gasteiger partial charge in [-0.3, -0.25) is 4.79 Å². The predicted octanol–water partition coefficient (Wildman–Crippen LogP) is 3.74. The summed E-state index contributed by atoms with van der Waals surface area (Å²) in [5.74, 6) is -0.194. The van der Waals surface area contributed by atoms with Gasteiger partial charge in [-0.05, 0) is 24.3 Å². The van der Waals surface area contributed by atoms with E-state index in [1.54, 1.807) is 12.1 Å². The monoisotopic (exact) mass is 374 g/mol. The molecule has 0 aliphatic carbocycles. The zero-order valence-electron chi connectivity index (χ0n) is 15.2. The van der Waals surface area contributed by atoms with Crippen molar-refractivity contribution in [3.63, 3.8) is 0 Å². The van der Waals surface area contributed by atoms with E-state index >= 15 is 0 Å². The largest absolute Gasteiger partial charge is 0.381 e. The lowest BCUT2D eigenvalue weighted by Gasteiger charge is -2.40. The van der Waals surface area contributed by atoms with Crippen molar-refractivity contribution in [1.29, 1.82) is 0 Å². The van der Waals surface area contributed by atoms with Crippen LogP contribution in [0, 0.1) is 0 Å². The zero-order chi connectivity index (χ0) is 18.6. The Kier molecular flexibility index (Phi) is 5.91. The molecule has 5 nitrogen and oxygen atoms in total. The molecule has 1 aliphatic heterocycles. The number of rotatable bonds is 5. The molecule has 1 amide bonds. The van der Waals surface area contributed by atoms with Crippen LogP contribution in [0.15, 0.2) is 42.6 Å². The molecule has 1 aromatic heterocycles. The van der Waals surface area contributed by atoms with Gasteiger partial charge >= 0.3 is 0 Å². The van der Waals surface area contributed by atoms with Crippen molar-refractivity contribution in [2.75, 3.05) is 32.6 Å². The molecular formula is C20H25ClN3O2+. The van der Waals surface area contributed by atoms with Crippen molar-refractivity contribution in [1.82, 2.24) is 4.98 Å². The molecule has 6 heteroatoms. The fourth-order valence-electron chi connectivity index (χ4n) is 3.42. The van der Waals surface area contributed by atoms with Crippen LogP contribution in [-0.4, -0.2) is 48.7 Å². The van der Waals surface area contributed by atoms with Gasteiger partial charge in [0.05, 0.1) is 33.4 Å². The Labute approximate surface area is 159 Å². The number of aromatic nitrogens is 1.